The molecule has 0 radical (unpaired) electrons. The molecule has 1 unspecified atom stereocenters. The number of benzene rings is 1. The van der Waals surface area contributed by atoms with Crippen LogP contribution in [-0.2, 0) is 0 Å². The second kappa shape index (κ2) is 4.00. The summed E-state index contributed by atoms with van der Waals surface area (Å²) in [6.45, 7) is 2.95. The van der Waals surface area contributed by atoms with Gasteiger partial charge in [-0.15, -0.1) is 0 Å². The highest BCUT2D eigenvalue weighted by Crippen LogP contribution is 2.21. The number of aliphatic imine (C=N–C) groups is 1. The Kier molecular flexibility index (Phi) is 2.72. The third-order valence-corrected chi connectivity index (χ3v) is 2.72. The Balaban J connectivity index is 2.08. The predicted molar refractivity (Wildman–Crippen MR) is 62.7 cm³/mol. The van der Waals surface area contributed by atoms with Crippen molar-refractivity contribution >= 4 is 27.6 Å². The normalized spacial score (nSPS) is 20.1. The van der Waals surface area contributed by atoms with Crippen LogP contribution in [-0.4, -0.2) is 18.5 Å². The van der Waals surface area contributed by atoms with E-state index >= 15 is 0 Å². The van der Waals surface area contributed by atoms with Crippen molar-refractivity contribution < 1.29 is 0 Å². The highest BCUT2D eigenvalue weighted by Gasteiger charge is 2.12. The van der Waals surface area contributed by atoms with Gasteiger partial charge in [0.05, 0.1) is 12.2 Å². The fourth-order valence-electron chi connectivity index (χ4n) is 1.32. The summed E-state index contributed by atoms with van der Waals surface area (Å²) in [4.78, 5) is 4.33. The van der Waals surface area contributed by atoms with Crippen LogP contribution in [0.5, 0.6) is 0 Å². The molecule has 2 N–H and O–H groups in total. The Hall–Kier alpha value is -1.03. The summed E-state index contributed by atoms with van der Waals surface area (Å²) in [6.07, 6.45) is 0. The number of nitrogens with zero attached hydrogens (tertiary/aromatic N) is 1. The van der Waals surface area contributed by atoms with Crippen LogP contribution in [0.3, 0.4) is 0 Å². The molecule has 74 valence electrons. The number of anilines is 1. The molecule has 0 bridgehead atoms. The van der Waals surface area contributed by atoms with E-state index in [0.29, 0.717) is 6.04 Å². The molecule has 1 aliphatic heterocycles. The first-order valence-electron chi connectivity index (χ1n) is 4.58. The lowest BCUT2D eigenvalue weighted by Gasteiger charge is -2.09. The van der Waals surface area contributed by atoms with Gasteiger partial charge in [-0.1, -0.05) is 12.1 Å². The van der Waals surface area contributed by atoms with Crippen LogP contribution in [0, 0.1) is 0 Å². The van der Waals surface area contributed by atoms with E-state index in [9.17, 15) is 0 Å². The molecule has 1 aromatic rings. The summed E-state index contributed by atoms with van der Waals surface area (Å²) in [5.41, 5.74) is 1.04. The van der Waals surface area contributed by atoms with E-state index in [2.05, 4.69) is 38.5 Å². The van der Waals surface area contributed by atoms with Gasteiger partial charge in [0.2, 0.25) is 0 Å². The van der Waals surface area contributed by atoms with Gasteiger partial charge in [0, 0.05) is 10.5 Å². The largest absolute Gasteiger partial charge is 0.352 e. The van der Waals surface area contributed by atoms with Gasteiger partial charge >= 0.3 is 0 Å². The molecular formula is C10H12BrN3. The van der Waals surface area contributed by atoms with Crippen molar-refractivity contribution in [1.29, 1.82) is 0 Å². The average Bonchev–Trinajstić information content (AvgIpc) is 2.56. The van der Waals surface area contributed by atoms with E-state index in [1.807, 2.05) is 24.3 Å². The molecule has 4 heteroatoms. The number of para-hydroxylation sites is 1. The van der Waals surface area contributed by atoms with Crippen LogP contribution in [0.25, 0.3) is 0 Å². The maximum atomic E-state index is 4.33. The number of rotatable bonds is 1. The van der Waals surface area contributed by atoms with E-state index in [1.54, 1.807) is 0 Å². The Bertz CT molecular complexity index is 362. The number of hydrogen-bond donors (Lipinski definition) is 2. The van der Waals surface area contributed by atoms with Gasteiger partial charge in [-0.05, 0) is 35.0 Å². The number of nitrogens with one attached hydrogen (secondary N) is 2. The van der Waals surface area contributed by atoms with Gasteiger partial charge in [0.25, 0.3) is 0 Å². The quantitative estimate of drug-likeness (QED) is 0.806. The Labute approximate surface area is 91.7 Å². The molecule has 0 aliphatic carbocycles. The van der Waals surface area contributed by atoms with Crippen LogP contribution in [0.2, 0.25) is 0 Å². The van der Waals surface area contributed by atoms with Gasteiger partial charge in [-0.25, -0.2) is 0 Å². The predicted octanol–water partition coefficient (Wildman–Crippen LogP) is 2.21. The van der Waals surface area contributed by atoms with E-state index in [0.717, 1.165) is 22.7 Å². The summed E-state index contributed by atoms with van der Waals surface area (Å²) in [7, 11) is 0. The number of halogens is 1. The summed E-state index contributed by atoms with van der Waals surface area (Å²) in [5, 5.41) is 6.48. The third kappa shape index (κ3) is 2.07. The summed E-state index contributed by atoms with van der Waals surface area (Å²) >= 11 is 3.47. The summed E-state index contributed by atoms with van der Waals surface area (Å²) in [6, 6.07) is 8.42. The molecule has 0 spiro atoms. The lowest BCUT2D eigenvalue weighted by atomic mass is 10.3. The molecule has 3 nitrogen and oxygen atoms in total. The van der Waals surface area contributed by atoms with Crippen molar-refractivity contribution in [1.82, 2.24) is 5.32 Å². The van der Waals surface area contributed by atoms with Crippen LogP contribution in [0.1, 0.15) is 6.92 Å². The molecule has 2 rings (SSSR count). The van der Waals surface area contributed by atoms with Gasteiger partial charge in [-0.3, -0.25) is 4.99 Å². The fraction of sp³-hybridized carbons (Fsp3) is 0.300. The van der Waals surface area contributed by atoms with Crippen LogP contribution < -0.4 is 10.6 Å². The summed E-state index contributed by atoms with van der Waals surface area (Å²) < 4.78 is 1.05. The average molecular weight is 254 g/mol. The molecule has 0 fully saturated rings. The number of guanidine groups is 1. The van der Waals surface area contributed by atoms with Crippen molar-refractivity contribution in [2.75, 3.05) is 11.9 Å². The van der Waals surface area contributed by atoms with E-state index in [-0.39, 0.29) is 0 Å². The molecule has 0 aromatic heterocycles. The highest BCUT2D eigenvalue weighted by atomic mass is 79.9. The molecule has 1 atom stereocenters. The SMILES string of the molecule is CC1CN=C(Nc2ccccc2Br)N1. The van der Waals surface area contributed by atoms with Crippen molar-refractivity contribution in [2.24, 2.45) is 4.99 Å². The van der Waals surface area contributed by atoms with Crippen LogP contribution >= 0.6 is 15.9 Å². The van der Waals surface area contributed by atoms with Crippen molar-refractivity contribution in [3.63, 3.8) is 0 Å². The first-order valence-corrected chi connectivity index (χ1v) is 5.37. The molecular weight excluding hydrogens is 242 g/mol. The standard InChI is InChI=1S/C10H12BrN3/c1-7-6-12-10(13-7)14-9-5-3-2-4-8(9)11/h2-5,7H,6H2,1H3,(H2,12,13,14). The van der Waals surface area contributed by atoms with Crippen molar-refractivity contribution in [3.8, 4) is 0 Å². The first-order chi connectivity index (χ1) is 6.75. The zero-order valence-corrected chi connectivity index (χ0v) is 9.51. The first kappa shape index (κ1) is 9.52. The van der Waals surface area contributed by atoms with Gasteiger partial charge < -0.3 is 10.6 Å². The second-order valence-corrected chi connectivity index (χ2v) is 4.19. The zero-order valence-electron chi connectivity index (χ0n) is 7.92. The zero-order chi connectivity index (χ0) is 9.97. The topological polar surface area (TPSA) is 36.4 Å². The van der Waals surface area contributed by atoms with Gasteiger partial charge in [0.1, 0.15) is 0 Å². The Morgan fingerprint density at radius 3 is 2.93 bits per heavy atom. The van der Waals surface area contributed by atoms with Gasteiger partial charge in [0.15, 0.2) is 5.96 Å². The summed E-state index contributed by atoms with van der Waals surface area (Å²) in [5.74, 6) is 0.851. The Morgan fingerprint density at radius 2 is 2.29 bits per heavy atom. The molecule has 14 heavy (non-hydrogen) atoms. The lowest BCUT2D eigenvalue weighted by Crippen LogP contribution is -2.32. The van der Waals surface area contributed by atoms with Crippen molar-refractivity contribution in [3.05, 3.63) is 28.7 Å². The van der Waals surface area contributed by atoms with Gasteiger partial charge in [-0.2, -0.15) is 0 Å². The molecule has 1 aliphatic rings. The van der Waals surface area contributed by atoms with Crippen LogP contribution in [0.15, 0.2) is 33.7 Å². The smallest absolute Gasteiger partial charge is 0.196 e. The minimum atomic E-state index is 0.431. The maximum Gasteiger partial charge on any atom is 0.196 e. The van der Waals surface area contributed by atoms with Crippen LogP contribution in [0.4, 0.5) is 5.69 Å². The van der Waals surface area contributed by atoms with E-state index in [1.165, 1.54) is 0 Å². The fourth-order valence-corrected chi connectivity index (χ4v) is 1.70. The minimum absolute atomic E-state index is 0.431. The van der Waals surface area contributed by atoms with Crippen molar-refractivity contribution in [2.45, 2.75) is 13.0 Å². The number of hydrogen-bond acceptors (Lipinski definition) is 3. The second-order valence-electron chi connectivity index (χ2n) is 3.34. The Morgan fingerprint density at radius 1 is 1.50 bits per heavy atom. The molecule has 0 saturated carbocycles. The molecule has 0 saturated heterocycles. The molecule has 0 amide bonds. The monoisotopic (exact) mass is 253 g/mol. The molecule has 1 aromatic carbocycles. The van der Waals surface area contributed by atoms with E-state index in [4.69, 9.17) is 0 Å². The molecule has 1 heterocycles. The maximum absolute atomic E-state index is 4.33. The highest BCUT2D eigenvalue weighted by molar-refractivity contribution is 9.10. The lowest BCUT2D eigenvalue weighted by molar-refractivity contribution is 0.725. The minimum Gasteiger partial charge on any atom is -0.352 e. The third-order valence-electron chi connectivity index (χ3n) is 2.03. The van der Waals surface area contributed by atoms with E-state index < -0.39 is 0 Å².